The highest BCUT2D eigenvalue weighted by Gasteiger charge is 2.10. The summed E-state index contributed by atoms with van der Waals surface area (Å²) in [6, 6.07) is 3.70. The van der Waals surface area contributed by atoms with Crippen LogP contribution in [0.3, 0.4) is 0 Å². The lowest BCUT2D eigenvalue weighted by molar-refractivity contribution is 0.169. The van der Waals surface area contributed by atoms with Crippen molar-refractivity contribution in [2.45, 2.75) is 0 Å². The van der Waals surface area contributed by atoms with Crippen molar-refractivity contribution in [3.05, 3.63) is 24.5 Å². The lowest BCUT2D eigenvalue weighted by atomic mass is 10.3. The molecule has 0 aromatic carbocycles. The van der Waals surface area contributed by atoms with Crippen LogP contribution in [-0.4, -0.2) is 39.9 Å². The number of rotatable bonds is 5. The van der Waals surface area contributed by atoms with Crippen LogP contribution < -0.4 is 5.32 Å². The predicted octanol–water partition coefficient (Wildman–Crippen LogP) is 2.51. The van der Waals surface area contributed by atoms with Gasteiger partial charge in [0.05, 0.1) is 0 Å². The maximum absolute atomic E-state index is 11.4. The zero-order valence-corrected chi connectivity index (χ0v) is 11.8. The standard InChI is InChI=1S/C11H12N4O2S2/c1-18-6-5-17-11(16)13-10-15-14-9(19-10)8-3-2-4-12-7-8/h2-4,7H,5-6H2,1H3,(H,13,15,16). The number of aromatic nitrogens is 3. The van der Waals surface area contributed by atoms with Gasteiger partial charge < -0.3 is 4.74 Å². The second kappa shape index (κ2) is 7.05. The molecule has 1 amide bonds. The Labute approximate surface area is 118 Å². The monoisotopic (exact) mass is 296 g/mol. The van der Waals surface area contributed by atoms with Crippen molar-refractivity contribution in [1.29, 1.82) is 0 Å². The normalized spacial score (nSPS) is 10.2. The molecule has 0 aliphatic heterocycles. The van der Waals surface area contributed by atoms with Crippen molar-refractivity contribution < 1.29 is 9.53 Å². The highest BCUT2D eigenvalue weighted by atomic mass is 32.2. The number of nitrogens with zero attached hydrogens (tertiary/aromatic N) is 3. The van der Waals surface area contributed by atoms with E-state index >= 15 is 0 Å². The average Bonchev–Trinajstić information content (AvgIpc) is 2.88. The van der Waals surface area contributed by atoms with Gasteiger partial charge in [0.25, 0.3) is 0 Å². The van der Waals surface area contributed by atoms with Gasteiger partial charge in [-0.2, -0.15) is 11.8 Å². The summed E-state index contributed by atoms with van der Waals surface area (Å²) in [5.41, 5.74) is 0.865. The zero-order valence-electron chi connectivity index (χ0n) is 10.2. The Kier molecular flexibility index (Phi) is 5.10. The molecule has 19 heavy (non-hydrogen) atoms. The van der Waals surface area contributed by atoms with Crippen LogP contribution in [-0.2, 0) is 4.74 Å². The Morgan fingerprint density at radius 3 is 3.16 bits per heavy atom. The summed E-state index contributed by atoms with van der Waals surface area (Å²) in [5.74, 6) is 0.768. The van der Waals surface area contributed by atoms with Crippen LogP contribution in [0, 0.1) is 0 Å². The molecule has 0 unspecified atom stereocenters. The third-order valence-electron chi connectivity index (χ3n) is 2.06. The Bertz CT molecular complexity index is 533. The van der Waals surface area contributed by atoms with Crippen LogP contribution in [0.4, 0.5) is 9.93 Å². The molecule has 0 atom stereocenters. The SMILES string of the molecule is CSCCOC(=O)Nc1nnc(-c2cccnc2)s1. The van der Waals surface area contributed by atoms with E-state index in [2.05, 4.69) is 20.5 Å². The topological polar surface area (TPSA) is 77.0 Å². The summed E-state index contributed by atoms with van der Waals surface area (Å²) < 4.78 is 4.96. The molecule has 0 saturated carbocycles. The molecule has 0 aliphatic rings. The van der Waals surface area contributed by atoms with Gasteiger partial charge in [0.15, 0.2) is 5.01 Å². The second-order valence-electron chi connectivity index (χ2n) is 3.41. The molecule has 0 saturated heterocycles. The third kappa shape index (κ3) is 4.18. The third-order valence-corrected chi connectivity index (χ3v) is 3.53. The van der Waals surface area contributed by atoms with Gasteiger partial charge in [-0.25, -0.2) is 4.79 Å². The molecule has 6 nitrogen and oxygen atoms in total. The van der Waals surface area contributed by atoms with E-state index < -0.39 is 6.09 Å². The van der Waals surface area contributed by atoms with E-state index in [0.717, 1.165) is 11.3 Å². The number of amides is 1. The summed E-state index contributed by atoms with van der Waals surface area (Å²) in [6.45, 7) is 0.376. The quantitative estimate of drug-likeness (QED) is 0.854. The molecule has 100 valence electrons. The molecule has 2 rings (SSSR count). The lowest BCUT2D eigenvalue weighted by Crippen LogP contribution is -2.15. The fourth-order valence-electron chi connectivity index (χ4n) is 1.22. The van der Waals surface area contributed by atoms with E-state index in [4.69, 9.17) is 4.74 Å². The molecule has 0 aliphatic carbocycles. The fraction of sp³-hybridized carbons (Fsp3) is 0.273. The maximum Gasteiger partial charge on any atom is 0.413 e. The van der Waals surface area contributed by atoms with Gasteiger partial charge in [0.1, 0.15) is 6.61 Å². The molecule has 2 aromatic rings. The molecule has 0 bridgehead atoms. The first-order valence-electron chi connectivity index (χ1n) is 5.46. The molecular weight excluding hydrogens is 284 g/mol. The van der Waals surface area contributed by atoms with E-state index in [9.17, 15) is 4.79 Å². The van der Waals surface area contributed by atoms with Gasteiger partial charge >= 0.3 is 6.09 Å². The maximum atomic E-state index is 11.4. The molecule has 2 heterocycles. The summed E-state index contributed by atoms with van der Waals surface area (Å²) in [6.07, 6.45) is 4.82. The number of hydrogen-bond donors (Lipinski definition) is 1. The minimum Gasteiger partial charge on any atom is -0.448 e. The Hall–Kier alpha value is -1.67. The van der Waals surface area contributed by atoms with Gasteiger partial charge in [-0.15, -0.1) is 10.2 Å². The van der Waals surface area contributed by atoms with Crippen LogP contribution in [0.1, 0.15) is 0 Å². The largest absolute Gasteiger partial charge is 0.448 e. The van der Waals surface area contributed by atoms with E-state index in [1.807, 2.05) is 18.4 Å². The van der Waals surface area contributed by atoms with Crippen molar-refractivity contribution in [2.75, 3.05) is 23.9 Å². The molecule has 0 fully saturated rings. The van der Waals surface area contributed by atoms with Crippen molar-refractivity contribution in [3.8, 4) is 10.6 Å². The predicted molar refractivity (Wildman–Crippen MR) is 76.5 cm³/mol. The molecule has 8 heteroatoms. The average molecular weight is 296 g/mol. The summed E-state index contributed by atoms with van der Waals surface area (Å²) >= 11 is 2.89. The number of ether oxygens (including phenoxy) is 1. The number of thioether (sulfide) groups is 1. The van der Waals surface area contributed by atoms with Gasteiger partial charge in [-0.05, 0) is 18.4 Å². The number of anilines is 1. The fourth-order valence-corrected chi connectivity index (χ4v) is 2.19. The van der Waals surface area contributed by atoms with Crippen molar-refractivity contribution in [3.63, 3.8) is 0 Å². The highest BCUT2D eigenvalue weighted by Crippen LogP contribution is 2.25. The molecule has 2 aromatic heterocycles. The Balaban J connectivity index is 1.93. The van der Waals surface area contributed by atoms with E-state index in [1.54, 1.807) is 24.2 Å². The smallest absolute Gasteiger partial charge is 0.413 e. The van der Waals surface area contributed by atoms with Crippen LogP contribution in [0.25, 0.3) is 10.6 Å². The second-order valence-corrected chi connectivity index (χ2v) is 5.37. The summed E-state index contributed by atoms with van der Waals surface area (Å²) in [4.78, 5) is 15.4. The van der Waals surface area contributed by atoms with Gasteiger partial charge in [-0.1, -0.05) is 11.3 Å². The van der Waals surface area contributed by atoms with Crippen LogP contribution in [0.15, 0.2) is 24.5 Å². The van der Waals surface area contributed by atoms with E-state index in [1.165, 1.54) is 11.3 Å². The van der Waals surface area contributed by atoms with Crippen LogP contribution >= 0.6 is 23.1 Å². The molecular formula is C11H12N4O2S2. The van der Waals surface area contributed by atoms with Gasteiger partial charge in [0, 0.05) is 23.7 Å². The van der Waals surface area contributed by atoms with Gasteiger partial charge in [-0.3, -0.25) is 10.3 Å². The Morgan fingerprint density at radius 2 is 2.42 bits per heavy atom. The zero-order chi connectivity index (χ0) is 13.5. The summed E-state index contributed by atoms with van der Waals surface area (Å²) in [7, 11) is 0. The van der Waals surface area contributed by atoms with E-state index in [0.29, 0.717) is 16.7 Å². The number of pyridine rings is 1. The minimum absolute atomic E-state index is 0.376. The van der Waals surface area contributed by atoms with Crippen molar-refractivity contribution >= 4 is 34.3 Å². The minimum atomic E-state index is -0.511. The lowest BCUT2D eigenvalue weighted by Gasteiger charge is -2.02. The Morgan fingerprint density at radius 1 is 1.53 bits per heavy atom. The number of carbonyl (C=O) groups is 1. The molecule has 1 N–H and O–H groups in total. The summed E-state index contributed by atoms with van der Waals surface area (Å²) in [5, 5.41) is 11.5. The first kappa shape index (κ1) is 13.8. The highest BCUT2D eigenvalue weighted by molar-refractivity contribution is 7.98. The molecule has 0 radical (unpaired) electrons. The van der Waals surface area contributed by atoms with Crippen LogP contribution in [0.2, 0.25) is 0 Å². The number of carbonyl (C=O) groups excluding carboxylic acids is 1. The van der Waals surface area contributed by atoms with Crippen LogP contribution in [0.5, 0.6) is 0 Å². The molecule has 0 spiro atoms. The van der Waals surface area contributed by atoms with Gasteiger partial charge in [0.2, 0.25) is 5.13 Å². The first-order chi connectivity index (χ1) is 9.29. The first-order valence-corrected chi connectivity index (χ1v) is 7.67. The number of hydrogen-bond acceptors (Lipinski definition) is 7. The van der Waals surface area contributed by atoms with Crippen molar-refractivity contribution in [2.24, 2.45) is 0 Å². The number of nitrogens with one attached hydrogen (secondary N) is 1. The van der Waals surface area contributed by atoms with Crippen molar-refractivity contribution in [1.82, 2.24) is 15.2 Å². The van der Waals surface area contributed by atoms with E-state index in [-0.39, 0.29) is 0 Å².